The molecular formula is C17H21N5O3S2. The summed E-state index contributed by atoms with van der Waals surface area (Å²) in [6.07, 6.45) is 4.47. The molecule has 4 rings (SSSR count). The van der Waals surface area contributed by atoms with Gasteiger partial charge in [-0.15, -0.1) is 0 Å². The lowest BCUT2D eigenvalue weighted by atomic mass is 10.1. The van der Waals surface area contributed by atoms with Crippen molar-refractivity contribution < 1.29 is 13.2 Å². The molecule has 1 aliphatic heterocycles. The van der Waals surface area contributed by atoms with Crippen LogP contribution < -0.4 is 0 Å². The van der Waals surface area contributed by atoms with Crippen LogP contribution in [0.25, 0.3) is 0 Å². The van der Waals surface area contributed by atoms with Gasteiger partial charge in [0.15, 0.2) is 5.16 Å². The van der Waals surface area contributed by atoms with Gasteiger partial charge in [0.2, 0.25) is 15.9 Å². The van der Waals surface area contributed by atoms with Crippen molar-refractivity contribution in [3.05, 3.63) is 35.7 Å². The molecule has 144 valence electrons. The van der Waals surface area contributed by atoms with Crippen molar-refractivity contribution in [2.24, 2.45) is 0 Å². The Bertz CT molecular complexity index is 922. The molecule has 1 aromatic heterocycles. The number of fused-ring (bicyclic) bond motifs is 1. The van der Waals surface area contributed by atoms with Crippen LogP contribution in [0.15, 0.2) is 34.6 Å². The first-order chi connectivity index (χ1) is 13.0. The average Bonchev–Trinajstić information content (AvgIpc) is 3.37. The molecule has 27 heavy (non-hydrogen) atoms. The minimum absolute atomic E-state index is 0.0222. The molecule has 1 aliphatic carbocycles. The Balaban J connectivity index is 1.36. The molecule has 0 atom stereocenters. The lowest BCUT2D eigenvalue weighted by Gasteiger charge is -2.34. The summed E-state index contributed by atoms with van der Waals surface area (Å²) in [6.45, 7) is 1.44. The average molecular weight is 408 g/mol. The van der Waals surface area contributed by atoms with E-state index in [1.165, 1.54) is 28.0 Å². The van der Waals surface area contributed by atoms with Gasteiger partial charge in [-0.05, 0) is 42.5 Å². The topological polar surface area (TPSA) is 99.3 Å². The van der Waals surface area contributed by atoms with Gasteiger partial charge in [0.05, 0.1) is 10.6 Å². The summed E-state index contributed by atoms with van der Waals surface area (Å²) in [5, 5.41) is 7.04. The van der Waals surface area contributed by atoms with E-state index < -0.39 is 10.0 Å². The van der Waals surface area contributed by atoms with E-state index >= 15 is 0 Å². The predicted molar refractivity (Wildman–Crippen MR) is 101 cm³/mol. The molecule has 0 radical (unpaired) electrons. The zero-order chi connectivity index (χ0) is 18.9. The number of aryl methyl sites for hydroxylation is 2. The number of hydrogen-bond donors (Lipinski definition) is 1. The maximum Gasteiger partial charge on any atom is 0.243 e. The SMILES string of the molecule is O=C(CSc1ncn[nH]1)N1CCN(S(=O)(=O)c2ccc3c(c2)CCC3)CC1. The number of aromatic amines is 1. The van der Waals surface area contributed by atoms with Crippen molar-refractivity contribution in [2.75, 3.05) is 31.9 Å². The Labute approximate surface area is 162 Å². The summed E-state index contributed by atoms with van der Waals surface area (Å²) in [7, 11) is -3.51. The summed E-state index contributed by atoms with van der Waals surface area (Å²) in [5.74, 6) is 0.234. The van der Waals surface area contributed by atoms with Crippen molar-refractivity contribution in [3.8, 4) is 0 Å². The monoisotopic (exact) mass is 407 g/mol. The minimum atomic E-state index is -3.51. The van der Waals surface area contributed by atoms with Gasteiger partial charge >= 0.3 is 0 Å². The smallest absolute Gasteiger partial charge is 0.243 e. The van der Waals surface area contributed by atoms with Gasteiger partial charge < -0.3 is 4.90 Å². The fourth-order valence-corrected chi connectivity index (χ4v) is 5.68. The van der Waals surface area contributed by atoms with Crippen LogP contribution in [0.1, 0.15) is 17.5 Å². The van der Waals surface area contributed by atoms with E-state index in [1.54, 1.807) is 11.0 Å². The maximum atomic E-state index is 12.9. The molecule has 1 saturated heterocycles. The molecule has 10 heteroatoms. The van der Waals surface area contributed by atoms with Crippen molar-refractivity contribution in [1.29, 1.82) is 0 Å². The number of piperazine rings is 1. The third kappa shape index (κ3) is 3.87. The van der Waals surface area contributed by atoms with Crippen LogP contribution in [0, 0.1) is 0 Å². The third-order valence-electron chi connectivity index (χ3n) is 5.02. The van der Waals surface area contributed by atoms with Gasteiger partial charge in [-0.25, -0.2) is 13.4 Å². The number of thioether (sulfide) groups is 1. The van der Waals surface area contributed by atoms with Gasteiger partial charge in [-0.1, -0.05) is 17.8 Å². The summed E-state index contributed by atoms with van der Waals surface area (Å²) in [5.41, 5.74) is 2.41. The second kappa shape index (κ2) is 7.61. The largest absolute Gasteiger partial charge is 0.339 e. The highest BCUT2D eigenvalue weighted by atomic mass is 32.2. The van der Waals surface area contributed by atoms with E-state index in [9.17, 15) is 13.2 Å². The first kappa shape index (κ1) is 18.5. The van der Waals surface area contributed by atoms with E-state index in [0.717, 1.165) is 24.8 Å². The lowest BCUT2D eigenvalue weighted by molar-refractivity contribution is -0.129. The molecule has 0 bridgehead atoms. The van der Waals surface area contributed by atoms with Crippen LogP contribution in [-0.2, 0) is 27.7 Å². The Hall–Kier alpha value is -1.91. The third-order valence-corrected chi connectivity index (χ3v) is 7.78. The Kier molecular flexibility index (Phi) is 5.20. The van der Waals surface area contributed by atoms with E-state index in [4.69, 9.17) is 0 Å². The fraction of sp³-hybridized carbons (Fsp3) is 0.471. The molecule has 1 N–H and O–H groups in total. The molecule has 0 unspecified atom stereocenters. The molecule has 0 spiro atoms. The van der Waals surface area contributed by atoms with Crippen LogP contribution >= 0.6 is 11.8 Å². The van der Waals surface area contributed by atoms with Crippen LogP contribution in [-0.4, -0.2) is 70.6 Å². The number of benzene rings is 1. The normalized spacial score (nSPS) is 17.9. The van der Waals surface area contributed by atoms with Gasteiger partial charge in [-0.3, -0.25) is 9.89 Å². The zero-order valence-electron chi connectivity index (χ0n) is 14.8. The first-order valence-corrected chi connectivity index (χ1v) is 11.3. The Morgan fingerprint density at radius 2 is 1.93 bits per heavy atom. The molecule has 0 saturated carbocycles. The number of carbonyl (C=O) groups is 1. The number of aromatic nitrogens is 3. The molecule has 2 heterocycles. The quantitative estimate of drug-likeness (QED) is 0.740. The maximum absolute atomic E-state index is 12.9. The van der Waals surface area contributed by atoms with Crippen molar-refractivity contribution in [1.82, 2.24) is 24.4 Å². The molecule has 2 aromatic rings. The van der Waals surface area contributed by atoms with Gasteiger partial charge in [0, 0.05) is 26.2 Å². The molecular weight excluding hydrogens is 386 g/mol. The van der Waals surface area contributed by atoms with Crippen molar-refractivity contribution in [2.45, 2.75) is 29.3 Å². The van der Waals surface area contributed by atoms with Gasteiger partial charge in [0.1, 0.15) is 6.33 Å². The van der Waals surface area contributed by atoms with Crippen LogP contribution in [0.4, 0.5) is 0 Å². The summed E-state index contributed by atoms with van der Waals surface area (Å²) >= 11 is 1.29. The van der Waals surface area contributed by atoms with Crippen LogP contribution in [0.5, 0.6) is 0 Å². The molecule has 2 aliphatic rings. The molecule has 1 amide bonds. The van der Waals surface area contributed by atoms with Crippen LogP contribution in [0.3, 0.4) is 0 Å². The highest BCUT2D eigenvalue weighted by Crippen LogP contribution is 2.26. The molecule has 1 fully saturated rings. The predicted octanol–water partition coefficient (Wildman–Crippen LogP) is 0.919. The van der Waals surface area contributed by atoms with Gasteiger partial charge in [-0.2, -0.15) is 9.40 Å². The number of nitrogens with one attached hydrogen (secondary N) is 1. The number of rotatable bonds is 5. The molecule has 1 aromatic carbocycles. The number of sulfonamides is 1. The van der Waals surface area contributed by atoms with Crippen molar-refractivity contribution in [3.63, 3.8) is 0 Å². The summed E-state index contributed by atoms with van der Waals surface area (Å²) < 4.78 is 27.4. The molecule has 8 nitrogen and oxygen atoms in total. The zero-order valence-corrected chi connectivity index (χ0v) is 16.4. The van der Waals surface area contributed by atoms with E-state index in [0.29, 0.717) is 36.2 Å². The second-order valence-electron chi connectivity index (χ2n) is 6.65. The summed E-state index contributed by atoms with van der Waals surface area (Å²) in [6, 6.07) is 5.48. The van der Waals surface area contributed by atoms with Crippen molar-refractivity contribution >= 4 is 27.7 Å². The highest BCUT2D eigenvalue weighted by Gasteiger charge is 2.30. The van der Waals surface area contributed by atoms with E-state index in [-0.39, 0.29) is 11.7 Å². The fourth-order valence-electron chi connectivity index (χ4n) is 3.52. The standard InChI is InChI=1S/C17H21N5O3S2/c23-16(11-26-17-18-12-19-20-17)21-6-8-22(9-7-21)27(24,25)15-5-4-13-2-1-3-14(13)10-15/h4-5,10,12H,1-3,6-9,11H2,(H,18,19,20). The highest BCUT2D eigenvalue weighted by molar-refractivity contribution is 7.99. The number of nitrogens with zero attached hydrogens (tertiary/aromatic N) is 4. The Morgan fingerprint density at radius 3 is 2.67 bits per heavy atom. The van der Waals surface area contributed by atoms with E-state index in [2.05, 4.69) is 15.2 Å². The summed E-state index contributed by atoms with van der Waals surface area (Å²) in [4.78, 5) is 18.4. The number of carbonyl (C=O) groups excluding carboxylic acids is 1. The second-order valence-corrected chi connectivity index (χ2v) is 9.55. The number of H-pyrrole nitrogens is 1. The number of amides is 1. The minimum Gasteiger partial charge on any atom is -0.339 e. The number of hydrogen-bond acceptors (Lipinski definition) is 6. The lowest BCUT2D eigenvalue weighted by Crippen LogP contribution is -2.51. The van der Waals surface area contributed by atoms with E-state index in [1.807, 2.05) is 12.1 Å². The van der Waals surface area contributed by atoms with Gasteiger partial charge in [0.25, 0.3) is 0 Å². The van der Waals surface area contributed by atoms with Crippen LogP contribution in [0.2, 0.25) is 0 Å². The Morgan fingerprint density at radius 1 is 1.15 bits per heavy atom. The first-order valence-electron chi connectivity index (χ1n) is 8.92.